The topological polar surface area (TPSA) is 134 Å². The van der Waals surface area contributed by atoms with Crippen molar-refractivity contribution in [2.45, 2.75) is 13.5 Å². The molecule has 0 aromatic heterocycles. The SMILES string of the molecule is COc1cc(CN(CC(=O)O)C(=O)CNC(=O)CNC(C)=O)cc(OC)c1. The Labute approximate surface area is 156 Å². The van der Waals surface area contributed by atoms with E-state index in [2.05, 4.69) is 10.6 Å². The van der Waals surface area contributed by atoms with Gasteiger partial charge in [0, 0.05) is 19.5 Å². The standard InChI is InChI=1S/C17H23N3O7/c1-11(21)18-7-15(22)19-8-16(23)20(10-17(24)25)9-12-4-13(26-2)6-14(5-12)27-3/h4-6H,7-10H2,1-3H3,(H,18,21)(H,19,22)(H,24,25). The summed E-state index contributed by atoms with van der Waals surface area (Å²) >= 11 is 0. The molecule has 0 aliphatic rings. The Bertz CT molecular complexity index is 684. The first-order chi connectivity index (χ1) is 12.7. The van der Waals surface area contributed by atoms with Gasteiger partial charge < -0.3 is 30.1 Å². The fraction of sp³-hybridized carbons (Fsp3) is 0.412. The second kappa shape index (κ2) is 10.6. The van der Waals surface area contributed by atoms with Gasteiger partial charge in [-0.15, -0.1) is 0 Å². The fourth-order valence-corrected chi connectivity index (χ4v) is 2.13. The number of benzene rings is 1. The van der Waals surface area contributed by atoms with Crippen molar-refractivity contribution in [2.75, 3.05) is 33.9 Å². The smallest absolute Gasteiger partial charge is 0.323 e. The van der Waals surface area contributed by atoms with E-state index < -0.39 is 30.9 Å². The van der Waals surface area contributed by atoms with E-state index in [9.17, 15) is 19.2 Å². The molecule has 0 aliphatic carbocycles. The van der Waals surface area contributed by atoms with Crippen LogP contribution in [0.15, 0.2) is 18.2 Å². The van der Waals surface area contributed by atoms with Crippen molar-refractivity contribution < 1.29 is 33.8 Å². The average molecular weight is 381 g/mol. The van der Waals surface area contributed by atoms with Crippen LogP contribution in [0.3, 0.4) is 0 Å². The monoisotopic (exact) mass is 381 g/mol. The van der Waals surface area contributed by atoms with Crippen LogP contribution in [0.2, 0.25) is 0 Å². The summed E-state index contributed by atoms with van der Waals surface area (Å²) in [6.45, 7) is 0.0387. The molecule has 27 heavy (non-hydrogen) atoms. The number of hydrogen-bond acceptors (Lipinski definition) is 6. The number of aliphatic carboxylic acids is 1. The van der Waals surface area contributed by atoms with E-state index in [1.54, 1.807) is 18.2 Å². The lowest BCUT2D eigenvalue weighted by molar-refractivity contribution is -0.144. The highest BCUT2D eigenvalue weighted by Crippen LogP contribution is 2.23. The number of nitrogens with zero attached hydrogens (tertiary/aromatic N) is 1. The molecule has 0 saturated heterocycles. The van der Waals surface area contributed by atoms with Gasteiger partial charge in [-0.2, -0.15) is 0 Å². The Morgan fingerprint density at radius 1 is 1.00 bits per heavy atom. The predicted octanol–water partition coefficient (Wildman–Crippen LogP) is -0.631. The molecule has 0 fully saturated rings. The second-order valence-electron chi connectivity index (χ2n) is 5.55. The third-order valence-corrected chi connectivity index (χ3v) is 3.40. The van der Waals surface area contributed by atoms with E-state index in [1.165, 1.54) is 21.1 Å². The number of hydrogen-bond donors (Lipinski definition) is 3. The second-order valence-corrected chi connectivity index (χ2v) is 5.55. The van der Waals surface area contributed by atoms with Gasteiger partial charge in [0.2, 0.25) is 17.7 Å². The zero-order valence-electron chi connectivity index (χ0n) is 15.4. The van der Waals surface area contributed by atoms with Crippen molar-refractivity contribution in [3.05, 3.63) is 23.8 Å². The van der Waals surface area contributed by atoms with Gasteiger partial charge in [-0.25, -0.2) is 0 Å². The Balaban J connectivity index is 2.80. The predicted molar refractivity (Wildman–Crippen MR) is 94.3 cm³/mol. The molecule has 10 heteroatoms. The van der Waals surface area contributed by atoms with E-state index >= 15 is 0 Å². The summed E-state index contributed by atoms with van der Waals surface area (Å²) in [4.78, 5) is 46.8. The summed E-state index contributed by atoms with van der Waals surface area (Å²) in [5, 5.41) is 13.7. The highest BCUT2D eigenvalue weighted by atomic mass is 16.5. The van der Waals surface area contributed by atoms with Crippen LogP contribution in [-0.4, -0.2) is 67.6 Å². The van der Waals surface area contributed by atoms with Crippen molar-refractivity contribution >= 4 is 23.7 Å². The summed E-state index contributed by atoms with van der Waals surface area (Å²) < 4.78 is 10.3. The fourth-order valence-electron chi connectivity index (χ4n) is 2.13. The van der Waals surface area contributed by atoms with Gasteiger partial charge in [0.1, 0.15) is 18.0 Å². The zero-order chi connectivity index (χ0) is 20.4. The van der Waals surface area contributed by atoms with Crippen LogP contribution < -0.4 is 20.1 Å². The largest absolute Gasteiger partial charge is 0.497 e. The van der Waals surface area contributed by atoms with Crippen LogP contribution in [0.25, 0.3) is 0 Å². The molecule has 0 unspecified atom stereocenters. The summed E-state index contributed by atoms with van der Waals surface area (Å²) in [6, 6.07) is 4.95. The molecule has 148 valence electrons. The zero-order valence-corrected chi connectivity index (χ0v) is 15.4. The maximum atomic E-state index is 12.3. The first kappa shape index (κ1) is 21.7. The van der Waals surface area contributed by atoms with Gasteiger partial charge in [-0.3, -0.25) is 19.2 Å². The summed E-state index contributed by atoms with van der Waals surface area (Å²) in [5.74, 6) is -1.72. The summed E-state index contributed by atoms with van der Waals surface area (Å²) in [5.41, 5.74) is 0.602. The number of nitrogens with one attached hydrogen (secondary N) is 2. The molecule has 0 atom stereocenters. The molecule has 3 N–H and O–H groups in total. The quantitative estimate of drug-likeness (QED) is 0.491. The Hall–Kier alpha value is -3.30. The van der Waals surface area contributed by atoms with Crippen molar-refractivity contribution in [3.8, 4) is 11.5 Å². The number of rotatable bonds is 10. The van der Waals surface area contributed by atoms with Gasteiger partial charge in [0.05, 0.1) is 27.3 Å². The lowest BCUT2D eigenvalue weighted by Crippen LogP contribution is -2.44. The van der Waals surface area contributed by atoms with Crippen LogP contribution in [-0.2, 0) is 25.7 Å². The molecule has 1 aromatic carbocycles. The number of methoxy groups -OCH3 is 2. The number of carboxylic acids is 1. The average Bonchev–Trinajstić information content (AvgIpc) is 2.62. The van der Waals surface area contributed by atoms with Crippen molar-refractivity contribution in [3.63, 3.8) is 0 Å². The van der Waals surface area contributed by atoms with Crippen LogP contribution in [0.4, 0.5) is 0 Å². The van der Waals surface area contributed by atoms with Gasteiger partial charge in [0.25, 0.3) is 0 Å². The van der Waals surface area contributed by atoms with Crippen molar-refractivity contribution in [1.82, 2.24) is 15.5 Å². The normalized spacial score (nSPS) is 9.89. The molecular weight excluding hydrogens is 358 g/mol. The maximum absolute atomic E-state index is 12.3. The molecule has 1 rings (SSSR count). The molecule has 0 bridgehead atoms. The minimum Gasteiger partial charge on any atom is -0.497 e. The van der Waals surface area contributed by atoms with Gasteiger partial charge in [0.15, 0.2) is 0 Å². The van der Waals surface area contributed by atoms with Gasteiger partial charge in [-0.1, -0.05) is 0 Å². The van der Waals surface area contributed by atoms with Crippen molar-refractivity contribution in [1.29, 1.82) is 0 Å². The number of amides is 3. The van der Waals surface area contributed by atoms with E-state index in [0.717, 1.165) is 4.90 Å². The van der Waals surface area contributed by atoms with Crippen LogP contribution in [0.1, 0.15) is 12.5 Å². The molecule has 0 heterocycles. The maximum Gasteiger partial charge on any atom is 0.323 e. The van der Waals surface area contributed by atoms with Crippen LogP contribution in [0, 0.1) is 0 Å². The first-order valence-corrected chi connectivity index (χ1v) is 7.97. The summed E-state index contributed by atoms with van der Waals surface area (Å²) in [6.07, 6.45) is 0. The molecule has 0 radical (unpaired) electrons. The first-order valence-electron chi connectivity index (χ1n) is 7.97. The van der Waals surface area contributed by atoms with E-state index in [-0.39, 0.29) is 19.0 Å². The Morgan fingerprint density at radius 3 is 2.07 bits per heavy atom. The van der Waals surface area contributed by atoms with E-state index in [4.69, 9.17) is 14.6 Å². The molecule has 0 spiro atoms. The lowest BCUT2D eigenvalue weighted by Gasteiger charge is -2.21. The Kier molecular flexibility index (Phi) is 8.57. The van der Waals surface area contributed by atoms with Crippen LogP contribution in [0.5, 0.6) is 11.5 Å². The molecular formula is C17H23N3O7. The number of carbonyl (C=O) groups excluding carboxylic acids is 3. The van der Waals surface area contributed by atoms with Gasteiger partial charge >= 0.3 is 5.97 Å². The minimum absolute atomic E-state index is 0.0136. The third kappa shape index (κ3) is 8.08. The van der Waals surface area contributed by atoms with Gasteiger partial charge in [-0.05, 0) is 17.7 Å². The number of carboxylic acid groups (broad SMARTS) is 1. The highest BCUT2D eigenvalue weighted by Gasteiger charge is 2.19. The van der Waals surface area contributed by atoms with Crippen LogP contribution >= 0.6 is 0 Å². The number of carbonyl (C=O) groups is 4. The molecule has 3 amide bonds. The Morgan fingerprint density at radius 2 is 1.59 bits per heavy atom. The third-order valence-electron chi connectivity index (χ3n) is 3.40. The molecule has 1 aromatic rings. The molecule has 0 saturated carbocycles. The minimum atomic E-state index is -1.19. The highest BCUT2D eigenvalue weighted by molar-refractivity contribution is 5.88. The summed E-state index contributed by atoms with van der Waals surface area (Å²) in [7, 11) is 2.95. The van der Waals surface area contributed by atoms with E-state index in [0.29, 0.717) is 17.1 Å². The number of ether oxygens (including phenoxy) is 2. The van der Waals surface area contributed by atoms with E-state index in [1.807, 2.05) is 0 Å². The lowest BCUT2D eigenvalue weighted by atomic mass is 10.2. The molecule has 0 aliphatic heterocycles. The van der Waals surface area contributed by atoms with Crippen molar-refractivity contribution in [2.24, 2.45) is 0 Å². The molecule has 10 nitrogen and oxygen atoms in total.